The van der Waals surface area contributed by atoms with Crippen LogP contribution in [0, 0.1) is 0 Å². The number of unbranched alkanes of at least 4 members (excludes halogenated alkanes) is 10. The molecule has 47 heavy (non-hydrogen) atoms. The molecule has 1 atom stereocenters. The van der Waals surface area contributed by atoms with Gasteiger partial charge in [0, 0.05) is 0 Å². The van der Waals surface area contributed by atoms with Gasteiger partial charge in [0.2, 0.25) is 0 Å². The van der Waals surface area contributed by atoms with Crippen LogP contribution in [0.3, 0.4) is 0 Å². The molecule has 0 aliphatic heterocycles. The molecule has 0 saturated carbocycles. The van der Waals surface area contributed by atoms with E-state index in [0.717, 1.165) is 49.7 Å². The molecule has 7 nitrogen and oxygen atoms in total. The summed E-state index contributed by atoms with van der Waals surface area (Å²) in [6.07, 6.45) is 12.9. The van der Waals surface area contributed by atoms with E-state index >= 15 is 0 Å². The van der Waals surface area contributed by atoms with Crippen molar-refractivity contribution in [3.63, 3.8) is 0 Å². The molecule has 0 radical (unpaired) electrons. The lowest BCUT2D eigenvalue weighted by molar-refractivity contribution is -0.153. The maximum atomic E-state index is 12.8. The summed E-state index contributed by atoms with van der Waals surface area (Å²) in [4.78, 5) is 37.4. The van der Waals surface area contributed by atoms with Crippen molar-refractivity contribution < 1.29 is 33.3 Å². The minimum atomic E-state index is -1.03. The van der Waals surface area contributed by atoms with E-state index in [4.69, 9.17) is 30.5 Å². The van der Waals surface area contributed by atoms with Crippen molar-refractivity contribution in [1.82, 2.24) is 0 Å². The monoisotopic (exact) mass is 664 g/mol. The molecule has 8 heteroatoms. The third kappa shape index (κ3) is 13.4. The highest BCUT2D eigenvalue weighted by Gasteiger charge is 2.20. The van der Waals surface area contributed by atoms with E-state index < -0.39 is 24.0 Å². The maximum Gasteiger partial charge on any atom is 0.347 e. The third-order valence-corrected chi connectivity index (χ3v) is 8.10. The van der Waals surface area contributed by atoms with Crippen LogP contribution >= 0.6 is 11.6 Å². The first-order chi connectivity index (χ1) is 22.8. The standard InChI is InChI=1S/C39H49ClO7/c1-4-6-8-10-11-12-13-15-26-44-36-25-22-33(28-35(36)40)30-16-18-31(19-17-30)39(43)47-34-23-20-32(21-24-34)38(42)46-29(3)37(41)45-27-14-9-7-5-2/h16-25,28-29H,4-15,26-27H2,1-3H3. The number of carbonyl (C=O) groups excluding carboxylic acids is 3. The van der Waals surface area contributed by atoms with Gasteiger partial charge in [0.25, 0.3) is 0 Å². The average molecular weight is 665 g/mol. The molecule has 0 spiro atoms. The fourth-order valence-electron chi connectivity index (χ4n) is 4.93. The zero-order valence-electron chi connectivity index (χ0n) is 28.1. The predicted molar refractivity (Wildman–Crippen MR) is 186 cm³/mol. The summed E-state index contributed by atoms with van der Waals surface area (Å²) in [5.41, 5.74) is 2.40. The first kappa shape index (κ1) is 37.6. The van der Waals surface area contributed by atoms with Crippen molar-refractivity contribution in [2.24, 2.45) is 0 Å². The number of rotatable bonds is 21. The van der Waals surface area contributed by atoms with E-state index in [9.17, 15) is 14.4 Å². The molecule has 0 heterocycles. The Morgan fingerprint density at radius 3 is 1.81 bits per heavy atom. The highest BCUT2D eigenvalue weighted by atomic mass is 35.5. The third-order valence-electron chi connectivity index (χ3n) is 7.80. The van der Waals surface area contributed by atoms with Gasteiger partial charge in [-0.3, -0.25) is 0 Å². The Hall–Kier alpha value is -3.84. The second kappa shape index (κ2) is 21.1. The fraction of sp³-hybridized carbons (Fsp3) is 0.462. The largest absolute Gasteiger partial charge is 0.492 e. The summed E-state index contributed by atoms with van der Waals surface area (Å²) < 4.78 is 21.8. The van der Waals surface area contributed by atoms with E-state index in [1.54, 1.807) is 12.1 Å². The molecule has 0 aromatic heterocycles. The highest BCUT2D eigenvalue weighted by molar-refractivity contribution is 6.32. The summed E-state index contributed by atoms with van der Waals surface area (Å²) in [5, 5.41) is 0.546. The first-order valence-corrected chi connectivity index (χ1v) is 17.4. The van der Waals surface area contributed by atoms with Gasteiger partial charge in [-0.2, -0.15) is 0 Å². The van der Waals surface area contributed by atoms with Crippen LogP contribution in [0.2, 0.25) is 5.02 Å². The molecular formula is C39H49ClO7. The van der Waals surface area contributed by atoms with Crippen molar-refractivity contribution >= 4 is 29.5 Å². The second-order valence-electron chi connectivity index (χ2n) is 11.7. The molecule has 0 aliphatic carbocycles. The van der Waals surface area contributed by atoms with Crippen LogP contribution in [0.1, 0.15) is 119 Å². The van der Waals surface area contributed by atoms with Gasteiger partial charge in [0.05, 0.1) is 29.4 Å². The molecule has 0 N–H and O–H groups in total. The maximum absolute atomic E-state index is 12.8. The highest BCUT2D eigenvalue weighted by Crippen LogP contribution is 2.31. The Balaban J connectivity index is 1.44. The fourth-order valence-corrected chi connectivity index (χ4v) is 5.17. The Labute approximate surface area is 284 Å². The van der Waals surface area contributed by atoms with Gasteiger partial charge in [0.1, 0.15) is 11.5 Å². The van der Waals surface area contributed by atoms with Crippen LogP contribution in [-0.4, -0.2) is 37.2 Å². The van der Waals surface area contributed by atoms with Crippen LogP contribution in [0.15, 0.2) is 66.7 Å². The molecule has 0 aliphatic rings. The zero-order valence-corrected chi connectivity index (χ0v) is 28.8. The summed E-state index contributed by atoms with van der Waals surface area (Å²) in [7, 11) is 0. The lowest BCUT2D eigenvalue weighted by atomic mass is 10.0. The number of esters is 3. The molecule has 3 aromatic carbocycles. The topological polar surface area (TPSA) is 88.1 Å². The molecule has 0 saturated heterocycles. The van der Waals surface area contributed by atoms with E-state index in [1.165, 1.54) is 69.7 Å². The van der Waals surface area contributed by atoms with Crippen LogP contribution < -0.4 is 9.47 Å². The molecule has 0 bridgehead atoms. The van der Waals surface area contributed by atoms with Gasteiger partial charge in [-0.05, 0) is 79.4 Å². The molecule has 1 unspecified atom stereocenters. The SMILES string of the molecule is CCCCCCCCCCOc1ccc(-c2ccc(C(=O)Oc3ccc(C(=O)OC(C)C(=O)OCCCCCC)cc3)cc2)cc1Cl. The smallest absolute Gasteiger partial charge is 0.347 e. The number of hydrogen-bond acceptors (Lipinski definition) is 7. The van der Waals surface area contributed by atoms with Gasteiger partial charge < -0.3 is 18.9 Å². The number of halogens is 1. The molecule has 3 aromatic rings. The molecule has 254 valence electrons. The first-order valence-electron chi connectivity index (χ1n) is 17.0. The summed E-state index contributed by atoms with van der Waals surface area (Å²) in [6, 6.07) is 18.7. The van der Waals surface area contributed by atoms with Gasteiger partial charge >= 0.3 is 17.9 Å². The van der Waals surface area contributed by atoms with Crippen LogP contribution in [0.5, 0.6) is 11.5 Å². The van der Waals surface area contributed by atoms with Gasteiger partial charge in [0.15, 0.2) is 6.10 Å². The van der Waals surface area contributed by atoms with Crippen molar-refractivity contribution in [2.75, 3.05) is 13.2 Å². The average Bonchev–Trinajstić information content (AvgIpc) is 3.08. The lowest BCUT2D eigenvalue weighted by Gasteiger charge is -2.13. The Morgan fingerprint density at radius 1 is 0.638 bits per heavy atom. The van der Waals surface area contributed by atoms with Gasteiger partial charge in [-0.15, -0.1) is 0 Å². The van der Waals surface area contributed by atoms with Gasteiger partial charge in [-0.25, -0.2) is 14.4 Å². The molecule has 3 rings (SSSR count). The number of hydrogen-bond donors (Lipinski definition) is 0. The summed E-state index contributed by atoms with van der Waals surface area (Å²) in [6.45, 7) is 6.77. The van der Waals surface area contributed by atoms with Crippen LogP contribution in [-0.2, 0) is 14.3 Å². The van der Waals surface area contributed by atoms with E-state index in [0.29, 0.717) is 29.5 Å². The summed E-state index contributed by atoms with van der Waals surface area (Å²) in [5.74, 6) is -0.848. The minimum absolute atomic E-state index is 0.222. The normalized spacial score (nSPS) is 11.5. The molecule has 0 amide bonds. The van der Waals surface area contributed by atoms with Crippen molar-refractivity contribution in [3.05, 3.63) is 82.9 Å². The van der Waals surface area contributed by atoms with E-state index in [-0.39, 0.29) is 11.3 Å². The lowest BCUT2D eigenvalue weighted by Crippen LogP contribution is -2.26. The van der Waals surface area contributed by atoms with Crippen molar-refractivity contribution in [1.29, 1.82) is 0 Å². The van der Waals surface area contributed by atoms with E-state index in [1.807, 2.05) is 30.3 Å². The number of ether oxygens (including phenoxy) is 4. The zero-order chi connectivity index (χ0) is 33.9. The van der Waals surface area contributed by atoms with Crippen LogP contribution in [0.25, 0.3) is 11.1 Å². The quantitative estimate of drug-likeness (QED) is 0.0636. The molecule has 0 fully saturated rings. The van der Waals surface area contributed by atoms with Crippen molar-refractivity contribution in [2.45, 2.75) is 104 Å². The second-order valence-corrected chi connectivity index (χ2v) is 12.1. The number of carbonyl (C=O) groups is 3. The number of benzene rings is 3. The van der Waals surface area contributed by atoms with Crippen molar-refractivity contribution in [3.8, 4) is 22.6 Å². The Bertz CT molecular complexity index is 1390. The predicted octanol–water partition coefficient (Wildman–Crippen LogP) is 10.4. The Morgan fingerprint density at radius 2 is 1.17 bits per heavy atom. The molecular weight excluding hydrogens is 616 g/mol. The minimum Gasteiger partial charge on any atom is -0.492 e. The van der Waals surface area contributed by atoms with Crippen LogP contribution in [0.4, 0.5) is 0 Å². The van der Waals surface area contributed by atoms with E-state index in [2.05, 4.69) is 13.8 Å². The Kier molecular flexibility index (Phi) is 16.9. The van der Waals surface area contributed by atoms with Gasteiger partial charge in [-0.1, -0.05) is 108 Å². The summed E-state index contributed by atoms with van der Waals surface area (Å²) >= 11 is 6.51.